The summed E-state index contributed by atoms with van der Waals surface area (Å²) in [5.74, 6) is -1.04. The van der Waals surface area contributed by atoms with Crippen molar-refractivity contribution in [3.05, 3.63) is 23.5 Å². The normalized spacial score (nSPS) is 21.7. The van der Waals surface area contributed by atoms with Gasteiger partial charge in [0.1, 0.15) is 12.1 Å². The number of nitrogens with one attached hydrogen (secondary N) is 2. The van der Waals surface area contributed by atoms with E-state index in [2.05, 4.69) is 10.7 Å². The number of methoxy groups -OCH3 is 1. The molecular formula is C20H32N4O5. The van der Waals surface area contributed by atoms with Crippen molar-refractivity contribution in [1.29, 1.82) is 0 Å². The van der Waals surface area contributed by atoms with Crippen LogP contribution in [0, 0.1) is 5.92 Å². The average molecular weight is 408 g/mol. The molecule has 9 nitrogen and oxygen atoms in total. The van der Waals surface area contributed by atoms with E-state index in [1.165, 1.54) is 12.1 Å². The number of rotatable bonds is 7. The second kappa shape index (κ2) is 10.4. The van der Waals surface area contributed by atoms with Crippen LogP contribution in [0.2, 0.25) is 0 Å². The molecule has 0 bridgehead atoms. The highest BCUT2D eigenvalue weighted by Gasteiger charge is 2.34. The summed E-state index contributed by atoms with van der Waals surface area (Å²) in [7, 11) is 1.30. The van der Waals surface area contributed by atoms with Crippen LogP contribution in [0.5, 0.6) is 0 Å². The lowest BCUT2D eigenvalue weighted by Gasteiger charge is -2.35. The first-order valence-corrected chi connectivity index (χ1v) is 10.0. The van der Waals surface area contributed by atoms with Crippen LogP contribution >= 0.6 is 0 Å². The molecule has 0 aromatic carbocycles. The summed E-state index contributed by atoms with van der Waals surface area (Å²) in [6.45, 7) is 4.08. The quantitative estimate of drug-likeness (QED) is 0.455. The number of aliphatic hydroxyl groups excluding tert-OH is 1. The Kier molecular flexibility index (Phi) is 8.21. The van der Waals surface area contributed by atoms with Crippen LogP contribution < -0.4 is 16.5 Å². The lowest BCUT2D eigenvalue weighted by atomic mass is 9.97. The molecule has 0 saturated carbocycles. The molecule has 29 heavy (non-hydrogen) atoms. The number of esters is 1. The Labute approximate surface area is 171 Å². The van der Waals surface area contributed by atoms with E-state index < -0.39 is 30.0 Å². The molecule has 3 atom stereocenters. The lowest BCUT2D eigenvalue weighted by Crippen LogP contribution is -2.61. The van der Waals surface area contributed by atoms with E-state index in [0.717, 1.165) is 5.57 Å². The van der Waals surface area contributed by atoms with Gasteiger partial charge >= 0.3 is 5.97 Å². The number of hydrazine groups is 1. The molecule has 3 unspecified atom stereocenters. The van der Waals surface area contributed by atoms with E-state index in [9.17, 15) is 19.5 Å². The van der Waals surface area contributed by atoms with Crippen LogP contribution in [-0.2, 0) is 19.1 Å². The van der Waals surface area contributed by atoms with Crippen molar-refractivity contribution in [2.75, 3.05) is 13.7 Å². The highest BCUT2D eigenvalue weighted by Crippen LogP contribution is 2.20. The van der Waals surface area contributed by atoms with E-state index in [-0.39, 0.29) is 24.0 Å². The predicted octanol–water partition coefficient (Wildman–Crippen LogP) is 0.675. The number of carbonyl (C=O) groups excluding carboxylic acids is 3. The van der Waals surface area contributed by atoms with Crippen molar-refractivity contribution < 1.29 is 24.2 Å². The van der Waals surface area contributed by atoms with Gasteiger partial charge in [0.15, 0.2) is 0 Å². The molecule has 5 N–H and O–H groups in total. The Morgan fingerprint density at radius 2 is 2.14 bits per heavy atom. The minimum absolute atomic E-state index is 0.0830. The van der Waals surface area contributed by atoms with Gasteiger partial charge in [-0.05, 0) is 36.8 Å². The van der Waals surface area contributed by atoms with Gasteiger partial charge in [0.25, 0.3) is 5.91 Å². The van der Waals surface area contributed by atoms with E-state index >= 15 is 0 Å². The van der Waals surface area contributed by atoms with Gasteiger partial charge in [0.2, 0.25) is 5.91 Å². The molecule has 2 aliphatic rings. The molecule has 162 valence electrons. The third kappa shape index (κ3) is 6.30. The van der Waals surface area contributed by atoms with Crippen molar-refractivity contribution in [2.24, 2.45) is 11.7 Å². The highest BCUT2D eigenvalue weighted by atomic mass is 16.5. The van der Waals surface area contributed by atoms with Crippen molar-refractivity contribution in [3.63, 3.8) is 0 Å². The molecule has 1 aliphatic heterocycles. The number of allylic oxidation sites excluding steroid dienone is 3. The molecule has 2 rings (SSSR count). The summed E-state index contributed by atoms with van der Waals surface area (Å²) in [4.78, 5) is 37.6. The first kappa shape index (κ1) is 22.9. The topological polar surface area (TPSA) is 134 Å². The van der Waals surface area contributed by atoms with Crippen LogP contribution in [0.25, 0.3) is 0 Å². The van der Waals surface area contributed by atoms with Crippen LogP contribution in [0.4, 0.5) is 0 Å². The number of carbonyl (C=O) groups is 3. The van der Waals surface area contributed by atoms with Crippen LogP contribution in [0.3, 0.4) is 0 Å². The molecule has 1 aliphatic carbocycles. The molecule has 0 aromatic rings. The summed E-state index contributed by atoms with van der Waals surface area (Å²) < 4.78 is 4.76. The number of nitrogens with two attached hydrogens (primary N) is 1. The van der Waals surface area contributed by atoms with Gasteiger partial charge in [-0.25, -0.2) is 5.43 Å². The maximum atomic E-state index is 13.2. The maximum Gasteiger partial charge on any atom is 0.324 e. The number of aliphatic hydroxyl groups is 1. The second-order valence-corrected chi connectivity index (χ2v) is 7.83. The summed E-state index contributed by atoms with van der Waals surface area (Å²) >= 11 is 0. The monoisotopic (exact) mass is 408 g/mol. The molecule has 9 heteroatoms. The van der Waals surface area contributed by atoms with Gasteiger partial charge in [-0.15, -0.1) is 0 Å². The molecule has 0 radical (unpaired) electrons. The Morgan fingerprint density at radius 1 is 1.41 bits per heavy atom. The first-order valence-electron chi connectivity index (χ1n) is 10.0. The molecule has 1 saturated heterocycles. The third-order valence-electron chi connectivity index (χ3n) is 5.17. The van der Waals surface area contributed by atoms with Crippen molar-refractivity contribution in [1.82, 2.24) is 15.8 Å². The summed E-state index contributed by atoms with van der Waals surface area (Å²) in [6.07, 6.45) is 6.21. The predicted molar refractivity (Wildman–Crippen MR) is 107 cm³/mol. The fourth-order valence-corrected chi connectivity index (χ4v) is 3.34. The number of ether oxygens (including phenoxy) is 1. The van der Waals surface area contributed by atoms with Gasteiger partial charge < -0.3 is 20.9 Å². The van der Waals surface area contributed by atoms with Crippen LogP contribution in [0.15, 0.2) is 23.5 Å². The maximum absolute atomic E-state index is 13.2. The summed E-state index contributed by atoms with van der Waals surface area (Å²) in [5, 5.41) is 13.9. The van der Waals surface area contributed by atoms with E-state index in [4.69, 9.17) is 10.5 Å². The third-order valence-corrected chi connectivity index (χ3v) is 5.17. The standard InChI is InChI=1S/C20H32N4O5/c1-12(2)17(21)18(26)22-16(11-13-6-4-7-14(25)10-13)19(27)24-9-5-8-15(23-24)20(28)29-3/h6,10,12,15-17,23,25H,4-5,7-9,11,21H2,1-3H3,(H,22,26). The van der Waals surface area contributed by atoms with Crippen molar-refractivity contribution >= 4 is 17.8 Å². The molecule has 1 heterocycles. The lowest BCUT2D eigenvalue weighted by molar-refractivity contribution is -0.151. The van der Waals surface area contributed by atoms with E-state index in [1.807, 2.05) is 19.9 Å². The second-order valence-electron chi connectivity index (χ2n) is 7.83. The van der Waals surface area contributed by atoms with Crippen molar-refractivity contribution in [2.45, 2.75) is 64.1 Å². The number of hydrogen-bond donors (Lipinski definition) is 4. The van der Waals surface area contributed by atoms with Crippen molar-refractivity contribution in [3.8, 4) is 0 Å². The van der Waals surface area contributed by atoms with Crippen LogP contribution in [0.1, 0.15) is 46.0 Å². The molecule has 0 spiro atoms. The van der Waals surface area contributed by atoms with E-state index in [0.29, 0.717) is 32.2 Å². The van der Waals surface area contributed by atoms with Gasteiger partial charge in [-0.1, -0.05) is 19.9 Å². The molecule has 0 aromatic heterocycles. The molecular weight excluding hydrogens is 376 g/mol. The number of nitrogens with zero attached hydrogens (tertiary/aromatic N) is 1. The fraction of sp³-hybridized carbons (Fsp3) is 0.650. The Morgan fingerprint density at radius 3 is 2.76 bits per heavy atom. The number of amides is 2. The van der Waals surface area contributed by atoms with Gasteiger partial charge in [-0.2, -0.15) is 0 Å². The zero-order valence-electron chi connectivity index (χ0n) is 17.3. The fourth-order valence-electron chi connectivity index (χ4n) is 3.34. The summed E-state index contributed by atoms with van der Waals surface area (Å²) in [5.41, 5.74) is 9.61. The van der Waals surface area contributed by atoms with Gasteiger partial charge in [0, 0.05) is 19.4 Å². The van der Waals surface area contributed by atoms with E-state index in [1.54, 1.807) is 6.08 Å². The van der Waals surface area contributed by atoms with Crippen LogP contribution in [-0.4, -0.2) is 59.7 Å². The first-order chi connectivity index (χ1) is 13.7. The highest BCUT2D eigenvalue weighted by molar-refractivity contribution is 5.90. The van der Waals surface area contributed by atoms with Gasteiger partial charge in [-0.3, -0.25) is 19.4 Å². The summed E-state index contributed by atoms with van der Waals surface area (Å²) in [6, 6.07) is -2.22. The molecule has 1 fully saturated rings. The zero-order valence-corrected chi connectivity index (χ0v) is 17.3. The Bertz CT molecular complexity index is 688. The zero-order chi connectivity index (χ0) is 21.6. The Balaban J connectivity index is 2.16. The van der Waals surface area contributed by atoms with Gasteiger partial charge in [0.05, 0.1) is 18.9 Å². The Hall–Kier alpha value is -2.39. The smallest absolute Gasteiger partial charge is 0.324 e. The average Bonchev–Trinajstić information content (AvgIpc) is 2.71. The minimum atomic E-state index is -0.871. The number of hydrogen-bond acceptors (Lipinski definition) is 7. The minimum Gasteiger partial charge on any atom is -0.512 e. The SMILES string of the molecule is COC(=O)C1CCCN(C(=O)C(CC2=CCCC(O)=C2)NC(=O)C(N)C(C)C)N1. The largest absolute Gasteiger partial charge is 0.512 e. The molecule has 2 amide bonds.